The summed E-state index contributed by atoms with van der Waals surface area (Å²) < 4.78 is 13.8. The van der Waals surface area contributed by atoms with Crippen LogP contribution in [-0.2, 0) is 0 Å². The number of ketones is 1. The maximum Gasteiger partial charge on any atom is 0.201 e. The van der Waals surface area contributed by atoms with Crippen LogP contribution in [0, 0.1) is 0 Å². The molecule has 1 aromatic rings. The zero-order valence-corrected chi connectivity index (χ0v) is 9.13. The summed E-state index contributed by atoms with van der Waals surface area (Å²) in [6.45, 7) is 2.53. The first-order chi connectivity index (χ1) is 5.43. The third-order valence-electron chi connectivity index (χ3n) is 1.40. The highest BCUT2D eigenvalue weighted by Crippen LogP contribution is 2.26. The summed E-state index contributed by atoms with van der Waals surface area (Å²) in [6.07, 6.45) is 0. The van der Waals surface area contributed by atoms with E-state index in [-0.39, 0.29) is 0 Å². The topological polar surface area (TPSA) is 17.1 Å². The van der Waals surface area contributed by atoms with Crippen LogP contribution < -0.4 is 0 Å². The number of hydrogen-bond donors (Lipinski definition) is 0. The lowest BCUT2D eigenvalue weighted by molar-refractivity contribution is 0.0760. The highest BCUT2D eigenvalue weighted by Gasteiger charge is 2.29. The highest BCUT2D eigenvalue weighted by molar-refractivity contribution is 9.10. The molecule has 1 nitrogen and oxygen atoms in total. The standard InChI is InChI=1S/C8H8BrFOS/c1-8(2,10)7(11)5-3-12-4-6(5)9/h3-4H,1-2H3. The van der Waals surface area contributed by atoms with E-state index in [1.807, 2.05) is 0 Å². The van der Waals surface area contributed by atoms with Crippen LogP contribution in [0.3, 0.4) is 0 Å². The van der Waals surface area contributed by atoms with Gasteiger partial charge in [-0.15, -0.1) is 0 Å². The lowest BCUT2D eigenvalue weighted by atomic mass is 10.0. The average Bonchev–Trinajstić information content (AvgIpc) is 2.31. The van der Waals surface area contributed by atoms with Crippen molar-refractivity contribution in [3.8, 4) is 0 Å². The van der Waals surface area contributed by atoms with E-state index in [0.717, 1.165) is 0 Å². The molecule has 0 aliphatic rings. The number of Topliss-reactive ketones (excluding diaryl/α,β-unsaturated/α-hetero) is 1. The summed E-state index contributed by atoms with van der Waals surface area (Å²) in [6, 6.07) is 0. The number of rotatable bonds is 2. The van der Waals surface area contributed by atoms with E-state index < -0.39 is 11.5 Å². The van der Waals surface area contributed by atoms with Crippen molar-refractivity contribution in [2.45, 2.75) is 19.5 Å². The minimum atomic E-state index is -1.79. The largest absolute Gasteiger partial charge is 0.290 e. The molecule has 0 fully saturated rings. The Bertz CT molecular complexity index is 300. The van der Waals surface area contributed by atoms with Gasteiger partial charge in [-0.1, -0.05) is 0 Å². The zero-order chi connectivity index (χ0) is 9.35. The van der Waals surface area contributed by atoms with E-state index in [2.05, 4.69) is 15.9 Å². The van der Waals surface area contributed by atoms with Crippen molar-refractivity contribution >= 4 is 33.0 Å². The van der Waals surface area contributed by atoms with Gasteiger partial charge >= 0.3 is 0 Å². The number of halogens is 2. The second-order valence-electron chi connectivity index (χ2n) is 2.93. The van der Waals surface area contributed by atoms with Crippen molar-refractivity contribution < 1.29 is 9.18 Å². The number of alkyl halides is 1. The Balaban J connectivity index is 3.01. The number of thiophene rings is 1. The SMILES string of the molecule is CC(C)(F)C(=O)c1cscc1Br. The third kappa shape index (κ3) is 1.93. The van der Waals surface area contributed by atoms with Crippen LogP contribution in [0.2, 0.25) is 0 Å². The predicted octanol–water partition coefficient (Wildman–Crippen LogP) is 3.44. The van der Waals surface area contributed by atoms with Crippen LogP contribution in [0.5, 0.6) is 0 Å². The van der Waals surface area contributed by atoms with Gasteiger partial charge < -0.3 is 0 Å². The van der Waals surface area contributed by atoms with E-state index in [1.165, 1.54) is 25.2 Å². The fourth-order valence-corrected chi connectivity index (χ4v) is 2.22. The van der Waals surface area contributed by atoms with Crippen LogP contribution in [-0.4, -0.2) is 11.5 Å². The summed E-state index contributed by atoms with van der Waals surface area (Å²) in [5.74, 6) is -0.476. The second kappa shape index (κ2) is 3.26. The van der Waals surface area contributed by atoms with Gasteiger partial charge in [0, 0.05) is 20.8 Å². The number of carbonyl (C=O) groups excluding carboxylic acids is 1. The number of hydrogen-bond acceptors (Lipinski definition) is 2. The Kier molecular flexibility index (Phi) is 2.68. The molecular formula is C8H8BrFOS. The molecule has 0 unspecified atom stereocenters. The van der Waals surface area contributed by atoms with Gasteiger partial charge in [-0.2, -0.15) is 11.3 Å². The van der Waals surface area contributed by atoms with Crippen LogP contribution in [0.15, 0.2) is 15.2 Å². The van der Waals surface area contributed by atoms with Crippen LogP contribution >= 0.6 is 27.3 Å². The summed E-state index contributed by atoms with van der Waals surface area (Å²) in [7, 11) is 0. The minimum absolute atomic E-state index is 0.424. The Morgan fingerprint density at radius 1 is 1.58 bits per heavy atom. The van der Waals surface area contributed by atoms with Gasteiger partial charge in [0.2, 0.25) is 5.78 Å². The average molecular weight is 251 g/mol. The predicted molar refractivity (Wildman–Crippen MR) is 51.5 cm³/mol. The molecule has 66 valence electrons. The van der Waals surface area contributed by atoms with Gasteiger partial charge in [0.15, 0.2) is 5.67 Å². The quantitative estimate of drug-likeness (QED) is 0.736. The summed E-state index contributed by atoms with van der Waals surface area (Å²) in [4.78, 5) is 11.3. The van der Waals surface area contributed by atoms with Crippen molar-refractivity contribution in [3.05, 3.63) is 20.8 Å². The normalized spacial score (nSPS) is 11.7. The van der Waals surface area contributed by atoms with E-state index in [1.54, 1.807) is 10.8 Å². The maximum atomic E-state index is 13.2. The lowest BCUT2D eigenvalue weighted by Crippen LogP contribution is -2.25. The Labute approximate surface area is 82.7 Å². The summed E-state index contributed by atoms with van der Waals surface area (Å²) in [5, 5.41) is 3.41. The molecule has 12 heavy (non-hydrogen) atoms. The first-order valence-corrected chi connectivity index (χ1v) is 5.12. The zero-order valence-electron chi connectivity index (χ0n) is 6.73. The van der Waals surface area contributed by atoms with Crippen LogP contribution in [0.1, 0.15) is 24.2 Å². The lowest BCUT2D eigenvalue weighted by Gasteiger charge is -2.11. The molecule has 0 aliphatic carbocycles. The van der Waals surface area contributed by atoms with Gasteiger partial charge in [0.1, 0.15) is 0 Å². The summed E-state index contributed by atoms with van der Waals surface area (Å²) in [5.41, 5.74) is -1.36. The Morgan fingerprint density at radius 2 is 2.17 bits per heavy atom. The van der Waals surface area contributed by atoms with Gasteiger partial charge in [-0.3, -0.25) is 4.79 Å². The fourth-order valence-electron chi connectivity index (χ4n) is 0.764. The van der Waals surface area contributed by atoms with Crippen molar-refractivity contribution in [1.29, 1.82) is 0 Å². The molecule has 0 aromatic carbocycles. The first kappa shape index (κ1) is 9.86. The number of carbonyl (C=O) groups is 1. The smallest absolute Gasteiger partial charge is 0.201 e. The molecule has 0 N–H and O–H groups in total. The van der Waals surface area contributed by atoms with E-state index in [9.17, 15) is 9.18 Å². The molecule has 0 saturated carbocycles. The van der Waals surface area contributed by atoms with Gasteiger partial charge in [-0.05, 0) is 29.8 Å². The molecule has 0 bridgehead atoms. The fraction of sp³-hybridized carbons (Fsp3) is 0.375. The molecule has 1 aromatic heterocycles. The minimum Gasteiger partial charge on any atom is -0.290 e. The van der Waals surface area contributed by atoms with Crippen LogP contribution in [0.4, 0.5) is 4.39 Å². The molecule has 0 radical (unpaired) electrons. The van der Waals surface area contributed by atoms with Crippen molar-refractivity contribution in [2.24, 2.45) is 0 Å². The molecule has 1 heterocycles. The Hall–Kier alpha value is -0.220. The first-order valence-electron chi connectivity index (χ1n) is 3.38. The summed E-state index contributed by atoms with van der Waals surface area (Å²) >= 11 is 4.56. The van der Waals surface area contributed by atoms with Crippen molar-refractivity contribution in [2.75, 3.05) is 0 Å². The molecule has 0 atom stereocenters. The van der Waals surface area contributed by atoms with Gasteiger partial charge in [0.25, 0.3) is 0 Å². The monoisotopic (exact) mass is 250 g/mol. The van der Waals surface area contributed by atoms with Gasteiger partial charge in [0.05, 0.1) is 0 Å². The van der Waals surface area contributed by atoms with Gasteiger partial charge in [-0.25, -0.2) is 4.39 Å². The molecular weight excluding hydrogens is 243 g/mol. The molecule has 0 saturated heterocycles. The highest BCUT2D eigenvalue weighted by atomic mass is 79.9. The second-order valence-corrected chi connectivity index (χ2v) is 4.53. The third-order valence-corrected chi connectivity index (χ3v) is 3.10. The Morgan fingerprint density at radius 3 is 2.50 bits per heavy atom. The molecule has 0 amide bonds. The van der Waals surface area contributed by atoms with E-state index >= 15 is 0 Å². The van der Waals surface area contributed by atoms with Crippen molar-refractivity contribution in [1.82, 2.24) is 0 Å². The molecule has 0 aliphatic heterocycles. The maximum absolute atomic E-state index is 13.2. The van der Waals surface area contributed by atoms with Crippen molar-refractivity contribution in [3.63, 3.8) is 0 Å². The van der Waals surface area contributed by atoms with E-state index in [0.29, 0.717) is 10.0 Å². The van der Waals surface area contributed by atoms with E-state index in [4.69, 9.17) is 0 Å². The molecule has 0 spiro atoms. The van der Waals surface area contributed by atoms with Crippen LogP contribution in [0.25, 0.3) is 0 Å². The molecule has 1 rings (SSSR count). The molecule has 4 heteroatoms.